The van der Waals surface area contributed by atoms with E-state index in [4.69, 9.17) is 5.11 Å². The normalized spacial score (nSPS) is 18.2. The van der Waals surface area contributed by atoms with Gasteiger partial charge in [0.25, 0.3) is 0 Å². The minimum atomic E-state index is -1.03. The van der Waals surface area contributed by atoms with Gasteiger partial charge in [0.15, 0.2) is 11.0 Å². The van der Waals surface area contributed by atoms with Gasteiger partial charge in [-0.15, -0.1) is 0 Å². The van der Waals surface area contributed by atoms with Crippen LogP contribution in [-0.2, 0) is 4.79 Å². The van der Waals surface area contributed by atoms with Gasteiger partial charge in [0.1, 0.15) is 10.7 Å². The summed E-state index contributed by atoms with van der Waals surface area (Å²) in [6.07, 6.45) is 1.98. The lowest BCUT2D eigenvalue weighted by atomic mass is 9.97. The molecule has 0 radical (unpaired) electrons. The highest BCUT2D eigenvalue weighted by Crippen LogP contribution is 2.25. The maximum Gasteiger partial charge on any atom is 0.347 e. The van der Waals surface area contributed by atoms with E-state index in [-0.39, 0.29) is 23.2 Å². The quantitative estimate of drug-likeness (QED) is 0.732. The molecule has 2 aromatic rings. The molecule has 0 spiro atoms. The lowest BCUT2D eigenvalue weighted by Crippen LogP contribution is -2.40. The van der Waals surface area contributed by atoms with E-state index in [0.717, 1.165) is 48.9 Å². The Morgan fingerprint density at radius 1 is 1.40 bits per heavy atom. The van der Waals surface area contributed by atoms with E-state index in [0.29, 0.717) is 10.8 Å². The molecule has 3 N–H and O–H groups in total. The van der Waals surface area contributed by atoms with Crippen molar-refractivity contribution in [2.24, 2.45) is 0 Å². The van der Waals surface area contributed by atoms with Gasteiger partial charge in [-0.3, -0.25) is 14.8 Å². The molecule has 0 aromatic carbocycles. The van der Waals surface area contributed by atoms with Crippen LogP contribution in [0.5, 0.6) is 0 Å². The number of carboxylic acid groups (broad SMARTS) is 1. The summed E-state index contributed by atoms with van der Waals surface area (Å²) in [4.78, 5) is 34.0. The Hall–Kier alpha value is -2.33. The number of amides is 1. The maximum absolute atomic E-state index is 12.2. The smallest absolute Gasteiger partial charge is 0.347 e. The molecule has 3 heterocycles. The van der Waals surface area contributed by atoms with Crippen molar-refractivity contribution in [3.63, 3.8) is 0 Å². The number of nitrogens with zero attached hydrogens (tertiary/aromatic N) is 4. The Labute approximate surface area is 148 Å². The summed E-state index contributed by atoms with van der Waals surface area (Å²) < 4.78 is 0. The molecule has 1 amide bonds. The minimum Gasteiger partial charge on any atom is -0.477 e. The molecule has 0 saturated carbocycles. The maximum atomic E-state index is 12.2. The molecule has 1 aliphatic rings. The first kappa shape index (κ1) is 17.5. The number of carbonyl (C=O) groups excluding carboxylic acids is 1. The Kier molecular flexibility index (Phi) is 5.09. The molecule has 1 atom stereocenters. The number of H-pyrrole nitrogens is 1. The zero-order chi connectivity index (χ0) is 18.0. The van der Waals surface area contributed by atoms with Crippen molar-refractivity contribution < 1.29 is 14.7 Å². The van der Waals surface area contributed by atoms with E-state index in [1.54, 1.807) is 6.92 Å². The van der Waals surface area contributed by atoms with Gasteiger partial charge in [0.2, 0.25) is 5.91 Å². The summed E-state index contributed by atoms with van der Waals surface area (Å²) in [6.45, 7) is 5.28. The summed E-state index contributed by atoms with van der Waals surface area (Å²) in [5, 5.41) is 19.1. The molecule has 134 valence electrons. The Bertz CT molecular complexity index is 786. The van der Waals surface area contributed by atoms with E-state index >= 15 is 0 Å². The molecular weight excluding hydrogens is 344 g/mol. The molecular formula is C15H20N6O3S. The van der Waals surface area contributed by atoms with Gasteiger partial charge in [0, 0.05) is 12.5 Å². The van der Waals surface area contributed by atoms with Crippen molar-refractivity contribution >= 4 is 28.3 Å². The van der Waals surface area contributed by atoms with Crippen LogP contribution in [-0.4, -0.2) is 61.7 Å². The second-order valence-electron chi connectivity index (χ2n) is 6.14. The number of carboxylic acids is 1. The third kappa shape index (κ3) is 4.20. The molecule has 9 nitrogen and oxygen atoms in total. The van der Waals surface area contributed by atoms with Crippen LogP contribution in [0.2, 0.25) is 0 Å². The number of aromatic carboxylic acids is 1. The Morgan fingerprint density at radius 3 is 2.84 bits per heavy atom. The van der Waals surface area contributed by atoms with Gasteiger partial charge >= 0.3 is 5.97 Å². The second-order valence-corrected chi connectivity index (χ2v) is 7.14. The number of nitrogens with one attached hydrogen (secondary N) is 2. The van der Waals surface area contributed by atoms with Gasteiger partial charge in [-0.25, -0.2) is 14.8 Å². The van der Waals surface area contributed by atoms with Crippen LogP contribution in [0, 0.1) is 13.8 Å². The van der Waals surface area contributed by atoms with Crippen molar-refractivity contribution in [2.75, 3.05) is 25.0 Å². The number of piperidine rings is 1. The second kappa shape index (κ2) is 7.28. The number of aromatic amines is 1. The first-order valence-corrected chi connectivity index (χ1v) is 8.86. The monoisotopic (exact) mass is 364 g/mol. The number of aromatic nitrogens is 4. The summed E-state index contributed by atoms with van der Waals surface area (Å²) >= 11 is 0.973. The van der Waals surface area contributed by atoms with Crippen LogP contribution in [0.3, 0.4) is 0 Å². The zero-order valence-electron chi connectivity index (χ0n) is 14.1. The predicted octanol–water partition coefficient (Wildman–Crippen LogP) is 1.39. The highest BCUT2D eigenvalue weighted by Gasteiger charge is 2.26. The largest absolute Gasteiger partial charge is 0.477 e. The Morgan fingerprint density at radius 2 is 2.20 bits per heavy atom. The molecule has 10 heteroatoms. The average Bonchev–Trinajstić information content (AvgIpc) is 3.13. The molecule has 0 bridgehead atoms. The first-order chi connectivity index (χ1) is 11.9. The third-order valence-electron chi connectivity index (χ3n) is 4.09. The SMILES string of the molecule is Cc1nc([C@H]2CCCN(CC(=O)Nc3nc(C)c(C(=O)O)s3)C2)n[nH]1. The fourth-order valence-corrected chi connectivity index (χ4v) is 3.78. The van der Waals surface area contributed by atoms with E-state index in [1.165, 1.54) is 0 Å². The summed E-state index contributed by atoms with van der Waals surface area (Å²) in [7, 11) is 0. The van der Waals surface area contributed by atoms with E-state index < -0.39 is 5.97 Å². The van der Waals surface area contributed by atoms with Crippen LogP contribution in [0.25, 0.3) is 0 Å². The number of likely N-dealkylation sites (tertiary alicyclic amines) is 1. The van der Waals surface area contributed by atoms with Gasteiger partial charge in [0.05, 0.1) is 12.2 Å². The van der Waals surface area contributed by atoms with E-state index in [9.17, 15) is 9.59 Å². The molecule has 0 unspecified atom stereocenters. The number of carbonyl (C=O) groups is 2. The first-order valence-electron chi connectivity index (χ1n) is 8.04. The summed E-state index contributed by atoms with van der Waals surface area (Å²) in [6, 6.07) is 0. The lowest BCUT2D eigenvalue weighted by molar-refractivity contribution is -0.117. The van der Waals surface area contributed by atoms with Gasteiger partial charge in [-0.2, -0.15) is 5.10 Å². The van der Waals surface area contributed by atoms with Gasteiger partial charge in [-0.1, -0.05) is 11.3 Å². The van der Waals surface area contributed by atoms with Crippen LogP contribution in [0.4, 0.5) is 5.13 Å². The number of anilines is 1. The topological polar surface area (TPSA) is 124 Å². The molecule has 25 heavy (non-hydrogen) atoms. The van der Waals surface area contributed by atoms with E-state index in [1.807, 2.05) is 6.92 Å². The van der Waals surface area contributed by atoms with Gasteiger partial charge in [-0.05, 0) is 33.2 Å². The molecule has 0 aliphatic carbocycles. The predicted molar refractivity (Wildman–Crippen MR) is 92.0 cm³/mol. The number of thiazole rings is 1. The van der Waals surface area contributed by atoms with Crippen LogP contribution < -0.4 is 5.32 Å². The fourth-order valence-electron chi connectivity index (χ4n) is 2.96. The lowest BCUT2D eigenvalue weighted by Gasteiger charge is -2.30. The molecule has 1 aliphatic heterocycles. The number of hydrogen-bond donors (Lipinski definition) is 3. The fraction of sp³-hybridized carbons (Fsp3) is 0.533. The van der Waals surface area contributed by atoms with Gasteiger partial charge < -0.3 is 10.4 Å². The zero-order valence-corrected chi connectivity index (χ0v) is 14.9. The molecule has 2 aromatic heterocycles. The minimum absolute atomic E-state index is 0.147. The van der Waals surface area contributed by atoms with Crippen molar-refractivity contribution in [2.45, 2.75) is 32.6 Å². The van der Waals surface area contributed by atoms with Crippen LogP contribution >= 0.6 is 11.3 Å². The van der Waals surface area contributed by atoms with Crippen molar-refractivity contribution in [1.29, 1.82) is 0 Å². The molecule has 3 rings (SSSR count). The van der Waals surface area contributed by atoms with Crippen molar-refractivity contribution in [3.05, 3.63) is 22.2 Å². The molecule has 1 saturated heterocycles. The highest BCUT2D eigenvalue weighted by atomic mass is 32.1. The third-order valence-corrected chi connectivity index (χ3v) is 5.15. The number of aryl methyl sites for hydroxylation is 2. The van der Waals surface area contributed by atoms with Crippen molar-refractivity contribution in [1.82, 2.24) is 25.1 Å². The Balaban J connectivity index is 1.57. The highest BCUT2D eigenvalue weighted by molar-refractivity contribution is 7.17. The molecule has 1 fully saturated rings. The van der Waals surface area contributed by atoms with Crippen molar-refractivity contribution in [3.8, 4) is 0 Å². The van der Waals surface area contributed by atoms with E-state index in [2.05, 4.69) is 30.4 Å². The average molecular weight is 364 g/mol. The van der Waals surface area contributed by atoms with Crippen LogP contribution in [0.1, 0.15) is 45.8 Å². The summed E-state index contributed by atoms with van der Waals surface area (Å²) in [5.41, 5.74) is 0.408. The van der Waals surface area contributed by atoms with Crippen LogP contribution in [0.15, 0.2) is 0 Å². The summed E-state index contributed by atoms with van der Waals surface area (Å²) in [5.74, 6) is 0.573. The number of rotatable bonds is 5. The standard InChI is InChI=1S/C15H20N6O3S/c1-8-12(14(23)24)25-15(16-8)18-11(22)7-21-5-3-4-10(6-21)13-17-9(2)19-20-13/h10H,3-7H2,1-2H3,(H,23,24)(H,16,18,22)(H,17,19,20)/t10-/m0/s1. The number of hydrogen-bond acceptors (Lipinski definition) is 7.